The topological polar surface area (TPSA) is 62.6 Å². The number of aryl methyl sites for hydroxylation is 1. The largest absolute Gasteiger partial charge is 0.341 e. The molecule has 6 nitrogen and oxygen atoms in total. The van der Waals surface area contributed by atoms with Crippen molar-refractivity contribution in [2.75, 3.05) is 19.6 Å². The van der Waals surface area contributed by atoms with Gasteiger partial charge in [0.05, 0.1) is 15.6 Å². The molecule has 1 aromatic carbocycles. The van der Waals surface area contributed by atoms with Crippen LogP contribution < -0.4 is 0 Å². The number of hydrogen-bond acceptors (Lipinski definition) is 4. The van der Waals surface area contributed by atoms with Crippen LogP contribution in [0.3, 0.4) is 0 Å². The molecule has 3 heterocycles. The number of aromatic nitrogens is 1. The van der Waals surface area contributed by atoms with Crippen molar-refractivity contribution in [3.8, 4) is 5.69 Å². The van der Waals surface area contributed by atoms with Gasteiger partial charge in [0.15, 0.2) is 0 Å². The predicted molar refractivity (Wildman–Crippen MR) is 124 cm³/mol. The molecule has 0 saturated carbocycles. The van der Waals surface area contributed by atoms with Crippen LogP contribution in [0.25, 0.3) is 11.8 Å². The Bertz CT molecular complexity index is 1120. The van der Waals surface area contributed by atoms with E-state index in [1.54, 1.807) is 29.2 Å². The van der Waals surface area contributed by atoms with Crippen molar-refractivity contribution in [1.82, 2.24) is 14.4 Å². The Balaban J connectivity index is 1.60. The molecule has 0 N–H and O–H groups in total. The SMILES string of the molecule is Cc1cc(/C=C2/SC(=O)N(CC(=O)N3CCCC3)C2=O)c(C)n1-c1cc(Cl)ccc1Cl. The zero-order valence-electron chi connectivity index (χ0n) is 17.2. The van der Waals surface area contributed by atoms with Gasteiger partial charge in [-0.15, -0.1) is 0 Å². The van der Waals surface area contributed by atoms with Crippen molar-refractivity contribution < 1.29 is 14.4 Å². The summed E-state index contributed by atoms with van der Waals surface area (Å²) >= 11 is 13.4. The lowest BCUT2D eigenvalue weighted by molar-refractivity contribution is -0.135. The number of likely N-dealkylation sites (tertiary alicyclic amines) is 1. The van der Waals surface area contributed by atoms with E-state index in [2.05, 4.69) is 0 Å². The summed E-state index contributed by atoms with van der Waals surface area (Å²) in [7, 11) is 0. The molecule has 2 saturated heterocycles. The zero-order chi connectivity index (χ0) is 22.3. The van der Waals surface area contributed by atoms with E-state index in [-0.39, 0.29) is 12.5 Å². The average molecular weight is 478 g/mol. The number of benzene rings is 1. The molecule has 2 fully saturated rings. The molecule has 3 amide bonds. The highest BCUT2D eigenvalue weighted by atomic mass is 35.5. The van der Waals surface area contributed by atoms with Gasteiger partial charge < -0.3 is 9.47 Å². The number of halogens is 2. The number of rotatable bonds is 4. The number of carbonyl (C=O) groups excluding carboxylic acids is 3. The molecule has 4 rings (SSSR count). The summed E-state index contributed by atoms with van der Waals surface area (Å²) in [5, 5.41) is 0.700. The molecule has 2 aliphatic heterocycles. The lowest BCUT2D eigenvalue weighted by Gasteiger charge is -2.18. The van der Waals surface area contributed by atoms with E-state index in [4.69, 9.17) is 23.2 Å². The minimum Gasteiger partial charge on any atom is -0.341 e. The van der Waals surface area contributed by atoms with Crippen LogP contribution in [0.1, 0.15) is 29.8 Å². The molecule has 1 aromatic heterocycles. The molecular formula is C22H21Cl2N3O3S. The molecule has 0 bridgehead atoms. The van der Waals surface area contributed by atoms with Gasteiger partial charge in [0, 0.05) is 29.5 Å². The van der Waals surface area contributed by atoms with Crippen LogP contribution >= 0.6 is 35.0 Å². The summed E-state index contributed by atoms with van der Waals surface area (Å²) < 4.78 is 1.96. The molecule has 9 heteroatoms. The summed E-state index contributed by atoms with van der Waals surface area (Å²) in [5.41, 5.74) is 3.32. The molecule has 0 atom stereocenters. The van der Waals surface area contributed by atoms with Crippen LogP contribution in [-0.2, 0) is 9.59 Å². The second kappa shape index (κ2) is 8.73. The Morgan fingerprint density at radius 2 is 1.84 bits per heavy atom. The van der Waals surface area contributed by atoms with Gasteiger partial charge in [-0.05, 0) is 74.4 Å². The Morgan fingerprint density at radius 1 is 1.13 bits per heavy atom. The molecule has 2 aromatic rings. The van der Waals surface area contributed by atoms with Crippen molar-refractivity contribution in [3.05, 3.63) is 56.2 Å². The van der Waals surface area contributed by atoms with E-state index in [1.807, 2.05) is 24.5 Å². The summed E-state index contributed by atoms with van der Waals surface area (Å²) in [6.45, 7) is 5.00. The maximum Gasteiger partial charge on any atom is 0.294 e. The fourth-order valence-electron chi connectivity index (χ4n) is 3.94. The van der Waals surface area contributed by atoms with Gasteiger partial charge in [-0.2, -0.15) is 0 Å². The van der Waals surface area contributed by atoms with Gasteiger partial charge >= 0.3 is 0 Å². The number of thioether (sulfide) groups is 1. The maximum atomic E-state index is 12.8. The molecule has 0 aliphatic carbocycles. The Morgan fingerprint density at radius 3 is 2.55 bits per heavy atom. The van der Waals surface area contributed by atoms with Gasteiger partial charge in [-0.25, -0.2) is 0 Å². The first-order valence-electron chi connectivity index (χ1n) is 9.94. The fourth-order valence-corrected chi connectivity index (χ4v) is 5.14. The van der Waals surface area contributed by atoms with E-state index >= 15 is 0 Å². The highest BCUT2D eigenvalue weighted by Crippen LogP contribution is 2.35. The number of imide groups is 1. The minimum absolute atomic E-state index is 0.185. The number of carbonyl (C=O) groups is 3. The first-order chi connectivity index (χ1) is 14.8. The average Bonchev–Trinajstić information content (AvgIpc) is 3.41. The van der Waals surface area contributed by atoms with Crippen molar-refractivity contribution in [1.29, 1.82) is 0 Å². The van der Waals surface area contributed by atoms with Gasteiger partial charge in [0.2, 0.25) is 5.91 Å². The monoisotopic (exact) mass is 477 g/mol. The molecule has 162 valence electrons. The minimum atomic E-state index is -0.437. The second-order valence-electron chi connectivity index (χ2n) is 7.61. The Labute approximate surface area is 194 Å². The second-order valence-corrected chi connectivity index (χ2v) is 9.45. The summed E-state index contributed by atoms with van der Waals surface area (Å²) in [6.07, 6.45) is 3.61. The third kappa shape index (κ3) is 4.27. The van der Waals surface area contributed by atoms with Gasteiger partial charge in [0.1, 0.15) is 6.54 Å². The number of hydrogen-bond donors (Lipinski definition) is 0. The Hall–Kier alpha value is -2.22. The first kappa shape index (κ1) is 22.0. The maximum absolute atomic E-state index is 12.8. The predicted octanol–water partition coefficient (Wildman–Crippen LogP) is 5.06. The van der Waals surface area contributed by atoms with Gasteiger partial charge in [-0.3, -0.25) is 19.3 Å². The highest BCUT2D eigenvalue weighted by Gasteiger charge is 2.37. The molecular weight excluding hydrogens is 457 g/mol. The van der Waals surface area contributed by atoms with E-state index < -0.39 is 11.1 Å². The standard InChI is InChI=1S/C22H21Cl2N3O3S/c1-13-9-15(14(2)27(13)18-11-16(23)5-6-17(18)24)10-19-21(29)26(22(30)31-19)12-20(28)25-7-3-4-8-25/h5-6,9-11H,3-4,7-8,12H2,1-2H3/b19-10+. The van der Waals surface area contributed by atoms with Crippen molar-refractivity contribution in [2.45, 2.75) is 26.7 Å². The lowest BCUT2D eigenvalue weighted by Crippen LogP contribution is -2.40. The van der Waals surface area contributed by atoms with E-state index in [0.717, 1.165) is 52.1 Å². The quantitative estimate of drug-likeness (QED) is 0.577. The normalized spacial score (nSPS) is 18.0. The van der Waals surface area contributed by atoms with Crippen LogP contribution in [-0.4, -0.2) is 51.1 Å². The van der Waals surface area contributed by atoms with Crippen LogP contribution in [0.15, 0.2) is 29.2 Å². The van der Waals surface area contributed by atoms with Crippen LogP contribution in [0.2, 0.25) is 10.0 Å². The third-order valence-electron chi connectivity index (χ3n) is 5.53. The zero-order valence-corrected chi connectivity index (χ0v) is 19.5. The summed E-state index contributed by atoms with van der Waals surface area (Å²) in [5.74, 6) is -0.622. The van der Waals surface area contributed by atoms with Crippen LogP contribution in [0.5, 0.6) is 0 Å². The van der Waals surface area contributed by atoms with Crippen LogP contribution in [0.4, 0.5) is 4.79 Å². The lowest BCUT2D eigenvalue weighted by atomic mass is 10.2. The van der Waals surface area contributed by atoms with Crippen molar-refractivity contribution >= 4 is 58.1 Å². The van der Waals surface area contributed by atoms with E-state index in [1.165, 1.54) is 0 Å². The smallest absolute Gasteiger partial charge is 0.294 e. The molecule has 0 radical (unpaired) electrons. The number of amides is 3. The van der Waals surface area contributed by atoms with E-state index in [0.29, 0.717) is 28.0 Å². The van der Waals surface area contributed by atoms with Crippen molar-refractivity contribution in [3.63, 3.8) is 0 Å². The summed E-state index contributed by atoms with van der Waals surface area (Å²) in [4.78, 5) is 40.7. The highest BCUT2D eigenvalue weighted by molar-refractivity contribution is 8.18. The van der Waals surface area contributed by atoms with Gasteiger partial charge in [0.25, 0.3) is 11.1 Å². The van der Waals surface area contributed by atoms with Gasteiger partial charge in [-0.1, -0.05) is 23.2 Å². The Kier molecular flexibility index (Phi) is 6.19. The summed E-state index contributed by atoms with van der Waals surface area (Å²) in [6, 6.07) is 7.17. The number of nitrogens with zero attached hydrogens (tertiary/aromatic N) is 3. The molecule has 31 heavy (non-hydrogen) atoms. The molecule has 0 spiro atoms. The fraction of sp³-hybridized carbons (Fsp3) is 0.318. The third-order valence-corrected chi connectivity index (χ3v) is 6.99. The van der Waals surface area contributed by atoms with Crippen LogP contribution in [0, 0.1) is 13.8 Å². The van der Waals surface area contributed by atoms with E-state index in [9.17, 15) is 14.4 Å². The first-order valence-corrected chi connectivity index (χ1v) is 11.5. The molecule has 0 unspecified atom stereocenters. The molecule has 2 aliphatic rings. The van der Waals surface area contributed by atoms with Crippen molar-refractivity contribution in [2.24, 2.45) is 0 Å².